The number of nitrogens with one attached hydrogen (secondary N) is 1. The Morgan fingerprint density at radius 3 is 2.48 bits per heavy atom. The average Bonchev–Trinajstić information content (AvgIpc) is 2.34. The van der Waals surface area contributed by atoms with Crippen LogP contribution in [0, 0.1) is 10.1 Å². The van der Waals surface area contributed by atoms with E-state index in [1.807, 2.05) is 30.3 Å². The number of carbonyl (C=O) groups excluding carboxylic acids is 1. The zero-order valence-corrected chi connectivity index (χ0v) is 12.7. The molecule has 0 heterocycles. The van der Waals surface area contributed by atoms with Gasteiger partial charge in [-0.05, 0) is 32.8 Å². The second-order valence-electron chi connectivity index (χ2n) is 5.88. The lowest BCUT2D eigenvalue weighted by Gasteiger charge is -2.23. The third-order valence-corrected chi connectivity index (χ3v) is 2.71. The van der Waals surface area contributed by atoms with Gasteiger partial charge < -0.3 is 10.1 Å². The number of hydrogen-bond donors (Lipinski definition) is 1. The molecule has 0 aromatic heterocycles. The Morgan fingerprint density at radius 2 is 1.95 bits per heavy atom. The fraction of sp³-hybridized carbons (Fsp3) is 0.533. The smallest absolute Gasteiger partial charge is 0.407 e. The second-order valence-corrected chi connectivity index (χ2v) is 5.88. The number of benzene rings is 1. The molecule has 0 bridgehead atoms. The number of hydrogen-bond acceptors (Lipinski definition) is 4. The number of nitrogens with zero attached hydrogens (tertiary/aromatic N) is 1. The first-order valence-corrected chi connectivity index (χ1v) is 6.91. The van der Waals surface area contributed by atoms with Gasteiger partial charge in [0.25, 0.3) is 0 Å². The van der Waals surface area contributed by atoms with Crippen LogP contribution < -0.4 is 5.32 Å². The maximum atomic E-state index is 11.8. The normalized spacial score (nSPS) is 12.5. The molecule has 1 amide bonds. The van der Waals surface area contributed by atoms with E-state index in [2.05, 4.69) is 5.32 Å². The van der Waals surface area contributed by atoms with Gasteiger partial charge in [0, 0.05) is 17.4 Å². The number of alkyl carbamates (subject to hydrolysis) is 1. The molecule has 1 unspecified atom stereocenters. The molecule has 1 aromatic carbocycles. The summed E-state index contributed by atoms with van der Waals surface area (Å²) in [4.78, 5) is 22.0. The van der Waals surface area contributed by atoms with Gasteiger partial charge in [-0.2, -0.15) is 0 Å². The quantitative estimate of drug-likeness (QED) is 0.646. The Hall–Kier alpha value is -2.11. The van der Waals surface area contributed by atoms with Crippen molar-refractivity contribution in [2.24, 2.45) is 0 Å². The fourth-order valence-corrected chi connectivity index (χ4v) is 1.86. The van der Waals surface area contributed by atoms with Crippen molar-refractivity contribution in [2.45, 2.75) is 45.3 Å². The molecule has 0 aliphatic heterocycles. The highest BCUT2D eigenvalue weighted by Gasteiger charge is 2.20. The minimum atomic E-state index is -0.593. The summed E-state index contributed by atoms with van der Waals surface area (Å²) in [6.07, 6.45) is 0.251. The third-order valence-electron chi connectivity index (χ3n) is 2.71. The zero-order valence-electron chi connectivity index (χ0n) is 12.7. The molecule has 0 aliphatic carbocycles. The van der Waals surface area contributed by atoms with Crippen molar-refractivity contribution < 1.29 is 14.5 Å². The number of rotatable bonds is 6. The molecule has 1 N–H and O–H groups in total. The molecule has 0 saturated heterocycles. The van der Waals surface area contributed by atoms with Crippen LogP contribution in [0.25, 0.3) is 0 Å². The summed E-state index contributed by atoms with van der Waals surface area (Å²) in [7, 11) is 0. The lowest BCUT2D eigenvalue weighted by atomic mass is 10.0. The first-order valence-electron chi connectivity index (χ1n) is 6.91. The van der Waals surface area contributed by atoms with Crippen molar-refractivity contribution in [1.82, 2.24) is 5.32 Å². The maximum Gasteiger partial charge on any atom is 0.407 e. The topological polar surface area (TPSA) is 81.5 Å². The molecule has 6 heteroatoms. The first-order chi connectivity index (χ1) is 9.76. The monoisotopic (exact) mass is 294 g/mol. The molecule has 0 spiro atoms. The van der Waals surface area contributed by atoms with E-state index in [4.69, 9.17) is 4.74 Å². The van der Waals surface area contributed by atoms with E-state index in [0.29, 0.717) is 6.42 Å². The van der Waals surface area contributed by atoms with Crippen LogP contribution in [0.15, 0.2) is 30.3 Å². The molecule has 1 rings (SSSR count). The van der Waals surface area contributed by atoms with Crippen LogP contribution in [0.1, 0.15) is 32.8 Å². The third kappa shape index (κ3) is 7.91. The van der Waals surface area contributed by atoms with Crippen LogP contribution >= 0.6 is 0 Å². The predicted octanol–water partition coefficient (Wildman–Crippen LogP) is 2.79. The molecule has 0 fully saturated rings. The van der Waals surface area contributed by atoms with Gasteiger partial charge in [0.05, 0.1) is 0 Å². The van der Waals surface area contributed by atoms with E-state index in [1.54, 1.807) is 20.8 Å². The summed E-state index contributed by atoms with van der Waals surface area (Å²) in [6, 6.07) is 9.22. The molecule has 1 aromatic rings. The van der Waals surface area contributed by atoms with Gasteiger partial charge in [0.1, 0.15) is 5.60 Å². The lowest BCUT2D eigenvalue weighted by molar-refractivity contribution is -0.480. The largest absolute Gasteiger partial charge is 0.444 e. The molecular formula is C15H22N2O4. The Labute approximate surface area is 124 Å². The van der Waals surface area contributed by atoms with Gasteiger partial charge in [0.15, 0.2) is 0 Å². The Balaban J connectivity index is 2.63. The SMILES string of the molecule is CC(C)(C)OC(=O)NC(CC[N+](=O)[O-])Cc1ccccc1. The van der Waals surface area contributed by atoms with E-state index in [1.165, 1.54) is 0 Å². The van der Waals surface area contributed by atoms with Crippen molar-refractivity contribution in [2.75, 3.05) is 6.54 Å². The Morgan fingerprint density at radius 1 is 1.33 bits per heavy atom. The summed E-state index contributed by atoms with van der Waals surface area (Å²) in [5.41, 5.74) is 0.423. The van der Waals surface area contributed by atoms with Crippen molar-refractivity contribution >= 4 is 6.09 Å². The van der Waals surface area contributed by atoms with Gasteiger partial charge >= 0.3 is 6.09 Å². The Kier molecular flexibility index (Phi) is 6.14. The molecule has 1 atom stereocenters. The Bertz CT molecular complexity index is 468. The van der Waals surface area contributed by atoms with Crippen LogP contribution in [-0.2, 0) is 11.2 Å². The molecule has 0 saturated carbocycles. The van der Waals surface area contributed by atoms with Gasteiger partial charge in [-0.1, -0.05) is 30.3 Å². The second kappa shape index (κ2) is 7.61. The molecule has 0 aliphatic rings. The average molecular weight is 294 g/mol. The van der Waals surface area contributed by atoms with Crippen LogP contribution in [0.5, 0.6) is 0 Å². The summed E-state index contributed by atoms with van der Waals surface area (Å²) >= 11 is 0. The summed E-state index contributed by atoms with van der Waals surface area (Å²) in [5, 5.41) is 13.2. The van der Waals surface area contributed by atoms with Crippen molar-refractivity contribution in [3.05, 3.63) is 46.0 Å². The van der Waals surface area contributed by atoms with Crippen molar-refractivity contribution in [1.29, 1.82) is 0 Å². The number of ether oxygens (including phenoxy) is 1. The van der Waals surface area contributed by atoms with Crippen molar-refractivity contribution in [3.63, 3.8) is 0 Å². The summed E-state index contributed by atoms with van der Waals surface area (Å²) < 4.78 is 5.19. The highest BCUT2D eigenvalue weighted by Crippen LogP contribution is 2.10. The van der Waals surface area contributed by atoms with Crippen LogP contribution in [-0.4, -0.2) is 29.2 Å². The fourth-order valence-electron chi connectivity index (χ4n) is 1.86. The molecular weight excluding hydrogens is 272 g/mol. The highest BCUT2D eigenvalue weighted by molar-refractivity contribution is 5.68. The van der Waals surface area contributed by atoms with Gasteiger partial charge in [-0.3, -0.25) is 10.1 Å². The van der Waals surface area contributed by atoms with E-state index < -0.39 is 11.7 Å². The minimum absolute atomic E-state index is 0.187. The van der Waals surface area contributed by atoms with Gasteiger partial charge in [-0.25, -0.2) is 4.79 Å². The maximum absolute atomic E-state index is 11.8. The van der Waals surface area contributed by atoms with Crippen LogP contribution in [0.4, 0.5) is 4.79 Å². The van der Waals surface area contributed by atoms with Gasteiger partial charge in [0.2, 0.25) is 6.54 Å². The molecule has 6 nitrogen and oxygen atoms in total. The molecule has 116 valence electrons. The number of carbonyl (C=O) groups is 1. The van der Waals surface area contributed by atoms with Crippen molar-refractivity contribution in [3.8, 4) is 0 Å². The first kappa shape index (κ1) is 16.9. The standard InChI is InChI=1S/C15H22N2O4/c1-15(2,3)21-14(18)16-13(9-10-17(19)20)11-12-7-5-4-6-8-12/h4-8,13H,9-11H2,1-3H3,(H,16,18). The van der Waals surface area contributed by atoms with E-state index in [0.717, 1.165) is 5.56 Å². The van der Waals surface area contributed by atoms with E-state index >= 15 is 0 Å². The van der Waals surface area contributed by atoms with Crippen LogP contribution in [0.2, 0.25) is 0 Å². The zero-order chi connectivity index (χ0) is 15.9. The lowest BCUT2D eigenvalue weighted by Crippen LogP contribution is -2.41. The highest BCUT2D eigenvalue weighted by atomic mass is 16.6. The predicted molar refractivity (Wildman–Crippen MR) is 79.8 cm³/mol. The van der Waals surface area contributed by atoms with E-state index in [-0.39, 0.29) is 23.9 Å². The van der Waals surface area contributed by atoms with Gasteiger partial charge in [-0.15, -0.1) is 0 Å². The van der Waals surface area contributed by atoms with Crippen LogP contribution in [0.3, 0.4) is 0 Å². The van der Waals surface area contributed by atoms with E-state index in [9.17, 15) is 14.9 Å². The molecule has 0 radical (unpaired) electrons. The number of nitro groups is 1. The summed E-state index contributed by atoms with van der Waals surface area (Å²) in [6.45, 7) is 5.13. The minimum Gasteiger partial charge on any atom is -0.444 e. The summed E-state index contributed by atoms with van der Waals surface area (Å²) in [5.74, 6) is 0. The molecule has 21 heavy (non-hydrogen) atoms. The number of amides is 1.